The third kappa shape index (κ3) is 2.79. The minimum absolute atomic E-state index is 0.599. The maximum atomic E-state index is 5.05. The molecule has 0 atom stereocenters. The molecular weight excluding hydrogens is 268 g/mol. The van der Waals surface area contributed by atoms with Crippen LogP contribution >= 0.6 is 15.9 Å². The first kappa shape index (κ1) is 11.1. The summed E-state index contributed by atoms with van der Waals surface area (Å²) in [4.78, 5) is 8.47. The number of methoxy groups -OCH3 is 1. The van der Waals surface area contributed by atoms with Gasteiger partial charge in [0.1, 0.15) is 5.82 Å². The maximum absolute atomic E-state index is 5.05. The summed E-state index contributed by atoms with van der Waals surface area (Å²) in [6, 6.07) is 9.86. The van der Waals surface area contributed by atoms with Gasteiger partial charge in [0.2, 0.25) is 5.88 Å². The summed E-state index contributed by atoms with van der Waals surface area (Å²) in [5, 5.41) is 0. The minimum atomic E-state index is 0.599. The van der Waals surface area contributed by atoms with Gasteiger partial charge in [-0.15, -0.1) is 0 Å². The Balaban J connectivity index is 2.16. The van der Waals surface area contributed by atoms with Crippen LogP contribution < -0.4 is 4.74 Å². The minimum Gasteiger partial charge on any atom is -0.481 e. The number of ether oxygens (including phenoxy) is 1. The van der Waals surface area contributed by atoms with Gasteiger partial charge in [0.05, 0.1) is 7.11 Å². The molecule has 4 heteroatoms. The second-order valence-electron chi connectivity index (χ2n) is 3.32. The predicted molar refractivity (Wildman–Crippen MR) is 65.5 cm³/mol. The Bertz CT molecular complexity index is 471. The number of halogens is 1. The summed E-state index contributed by atoms with van der Waals surface area (Å²) in [7, 11) is 1.60. The molecule has 1 aromatic carbocycles. The highest BCUT2D eigenvalue weighted by Crippen LogP contribution is 2.13. The van der Waals surface area contributed by atoms with Gasteiger partial charge in [-0.25, -0.2) is 4.98 Å². The molecule has 82 valence electrons. The van der Waals surface area contributed by atoms with E-state index in [1.165, 1.54) is 5.56 Å². The van der Waals surface area contributed by atoms with E-state index in [9.17, 15) is 0 Å². The summed E-state index contributed by atoms with van der Waals surface area (Å²) >= 11 is 3.40. The largest absolute Gasteiger partial charge is 0.481 e. The summed E-state index contributed by atoms with van der Waals surface area (Å²) < 4.78 is 6.13. The molecule has 1 aromatic heterocycles. The quantitative estimate of drug-likeness (QED) is 0.866. The van der Waals surface area contributed by atoms with Crippen LogP contribution in [0, 0.1) is 0 Å². The average Bonchev–Trinajstić information content (AvgIpc) is 2.32. The first-order valence-corrected chi connectivity index (χ1v) is 5.67. The van der Waals surface area contributed by atoms with Crippen molar-refractivity contribution in [2.75, 3.05) is 7.11 Å². The number of benzene rings is 1. The lowest BCUT2D eigenvalue weighted by Gasteiger charge is -2.02. The van der Waals surface area contributed by atoms with E-state index in [1.54, 1.807) is 19.4 Å². The Morgan fingerprint density at radius 1 is 1.19 bits per heavy atom. The van der Waals surface area contributed by atoms with E-state index in [-0.39, 0.29) is 0 Å². The van der Waals surface area contributed by atoms with Gasteiger partial charge in [-0.1, -0.05) is 28.1 Å². The fourth-order valence-corrected chi connectivity index (χ4v) is 1.63. The molecule has 1 heterocycles. The van der Waals surface area contributed by atoms with Crippen LogP contribution in [0.1, 0.15) is 11.4 Å². The first-order valence-electron chi connectivity index (χ1n) is 4.88. The van der Waals surface area contributed by atoms with Gasteiger partial charge in [0.25, 0.3) is 0 Å². The molecule has 0 aliphatic carbocycles. The van der Waals surface area contributed by atoms with Crippen LogP contribution in [-0.4, -0.2) is 17.1 Å². The monoisotopic (exact) mass is 278 g/mol. The summed E-state index contributed by atoms with van der Waals surface area (Å²) in [6.07, 6.45) is 2.42. The van der Waals surface area contributed by atoms with Crippen molar-refractivity contribution in [3.8, 4) is 5.88 Å². The van der Waals surface area contributed by atoms with Crippen LogP contribution in [0.3, 0.4) is 0 Å². The number of aromatic nitrogens is 2. The Morgan fingerprint density at radius 2 is 1.94 bits per heavy atom. The lowest BCUT2D eigenvalue weighted by Crippen LogP contribution is -1.98. The van der Waals surface area contributed by atoms with Crippen molar-refractivity contribution >= 4 is 15.9 Å². The molecule has 2 aromatic rings. The molecule has 0 unspecified atom stereocenters. The zero-order valence-corrected chi connectivity index (χ0v) is 10.4. The molecule has 0 bridgehead atoms. The predicted octanol–water partition coefficient (Wildman–Crippen LogP) is 2.84. The number of nitrogens with zero attached hydrogens (tertiary/aromatic N) is 2. The van der Waals surface area contributed by atoms with Crippen molar-refractivity contribution < 1.29 is 4.74 Å². The van der Waals surface area contributed by atoms with Crippen molar-refractivity contribution in [3.63, 3.8) is 0 Å². The Morgan fingerprint density at radius 3 is 2.62 bits per heavy atom. The molecule has 0 N–H and O–H groups in total. The molecule has 0 aliphatic heterocycles. The molecule has 0 fully saturated rings. The van der Waals surface area contributed by atoms with Gasteiger partial charge in [-0.2, -0.15) is 4.98 Å². The van der Waals surface area contributed by atoms with E-state index in [2.05, 4.69) is 25.9 Å². The highest BCUT2D eigenvalue weighted by atomic mass is 79.9. The normalized spacial score (nSPS) is 10.1. The van der Waals surface area contributed by atoms with E-state index in [0.29, 0.717) is 12.3 Å². The van der Waals surface area contributed by atoms with E-state index in [4.69, 9.17) is 4.74 Å². The van der Waals surface area contributed by atoms with Crippen molar-refractivity contribution in [1.82, 2.24) is 9.97 Å². The third-order valence-corrected chi connectivity index (χ3v) is 2.69. The summed E-state index contributed by atoms with van der Waals surface area (Å²) in [5.41, 5.74) is 1.18. The van der Waals surface area contributed by atoms with Crippen LogP contribution in [0.4, 0.5) is 0 Å². The Labute approximate surface area is 103 Å². The molecule has 0 radical (unpaired) electrons. The molecule has 0 aliphatic rings. The van der Waals surface area contributed by atoms with Crippen molar-refractivity contribution in [3.05, 3.63) is 52.4 Å². The highest BCUT2D eigenvalue weighted by molar-refractivity contribution is 9.10. The van der Waals surface area contributed by atoms with Crippen LogP contribution in [0.25, 0.3) is 0 Å². The first-order chi connectivity index (χ1) is 7.78. The third-order valence-electron chi connectivity index (χ3n) is 2.16. The molecular formula is C12H11BrN2O. The smallest absolute Gasteiger partial charge is 0.216 e. The zero-order valence-electron chi connectivity index (χ0n) is 8.85. The Hall–Kier alpha value is -1.42. The van der Waals surface area contributed by atoms with E-state index in [1.807, 2.05) is 24.3 Å². The van der Waals surface area contributed by atoms with Crippen molar-refractivity contribution in [2.24, 2.45) is 0 Å². The van der Waals surface area contributed by atoms with Gasteiger partial charge in [-0.3, -0.25) is 0 Å². The molecule has 0 amide bonds. The lowest BCUT2D eigenvalue weighted by atomic mass is 10.1. The molecule has 2 rings (SSSR count). The molecule has 0 spiro atoms. The van der Waals surface area contributed by atoms with Gasteiger partial charge in [-0.05, 0) is 17.7 Å². The van der Waals surface area contributed by atoms with Crippen molar-refractivity contribution in [2.45, 2.75) is 6.42 Å². The van der Waals surface area contributed by atoms with E-state index in [0.717, 1.165) is 10.3 Å². The maximum Gasteiger partial charge on any atom is 0.216 e. The van der Waals surface area contributed by atoms with Crippen LogP contribution in [0.5, 0.6) is 5.88 Å². The standard InChI is InChI=1S/C12H11BrN2O/c1-16-12-6-7-14-11(15-12)8-9-2-4-10(13)5-3-9/h2-7H,8H2,1H3. The second kappa shape index (κ2) is 5.07. The van der Waals surface area contributed by atoms with Gasteiger partial charge >= 0.3 is 0 Å². The fraction of sp³-hybridized carbons (Fsp3) is 0.167. The molecule has 0 saturated heterocycles. The average molecular weight is 279 g/mol. The van der Waals surface area contributed by atoms with E-state index >= 15 is 0 Å². The van der Waals surface area contributed by atoms with Crippen molar-refractivity contribution in [1.29, 1.82) is 0 Å². The second-order valence-corrected chi connectivity index (χ2v) is 4.23. The number of hydrogen-bond donors (Lipinski definition) is 0. The number of hydrogen-bond acceptors (Lipinski definition) is 3. The van der Waals surface area contributed by atoms with Crippen LogP contribution in [0.2, 0.25) is 0 Å². The lowest BCUT2D eigenvalue weighted by molar-refractivity contribution is 0.395. The van der Waals surface area contributed by atoms with E-state index < -0.39 is 0 Å². The summed E-state index contributed by atoms with van der Waals surface area (Å²) in [6.45, 7) is 0. The zero-order chi connectivity index (χ0) is 11.4. The number of rotatable bonds is 3. The van der Waals surface area contributed by atoms with Gasteiger partial charge in [0.15, 0.2) is 0 Å². The van der Waals surface area contributed by atoms with Crippen LogP contribution in [-0.2, 0) is 6.42 Å². The fourth-order valence-electron chi connectivity index (χ4n) is 1.36. The molecule has 3 nitrogen and oxygen atoms in total. The summed E-state index contributed by atoms with van der Waals surface area (Å²) in [5.74, 6) is 1.36. The topological polar surface area (TPSA) is 35.0 Å². The Kier molecular flexibility index (Phi) is 3.51. The van der Waals surface area contributed by atoms with Gasteiger partial charge < -0.3 is 4.74 Å². The molecule has 16 heavy (non-hydrogen) atoms. The highest BCUT2D eigenvalue weighted by Gasteiger charge is 2.01. The molecule has 0 saturated carbocycles. The van der Waals surface area contributed by atoms with Crippen LogP contribution in [0.15, 0.2) is 41.0 Å². The van der Waals surface area contributed by atoms with Gasteiger partial charge in [0, 0.05) is 23.2 Å². The SMILES string of the molecule is COc1ccnc(Cc2ccc(Br)cc2)n1.